The lowest BCUT2D eigenvalue weighted by atomic mass is 10.2. The van der Waals surface area contributed by atoms with Crippen LogP contribution in [0.15, 0.2) is 0 Å². The van der Waals surface area contributed by atoms with E-state index >= 15 is 0 Å². The van der Waals surface area contributed by atoms with Crippen molar-refractivity contribution in [2.45, 2.75) is 25.5 Å². The summed E-state index contributed by atoms with van der Waals surface area (Å²) in [5.74, 6) is 0.269. The molecule has 0 N–H and O–H groups in total. The van der Waals surface area contributed by atoms with E-state index in [1.807, 2.05) is 13.8 Å². The van der Waals surface area contributed by atoms with E-state index in [0.29, 0.717) is 6.42 Å². The van der Waals surface area contributed by atoms with Crippen molar-refractivity contribution < 1.29 is 4.79 Å². The fourth-order valence-electron chi connectivity index (χ4n) is 0.346. The van der Waals surface area contributed by atoms with E-state index in [-0.39, 0.29) is 11.0 Å². The summed E-state index contributed by atoms with van der Waals surface area (Å²) in [6, 6.07) is 0. The third-order valence-corrected chi connectivity index (χ3v) is 2.49. The molecular formula is C5H10OS2. The monoisotopic (exact) mass is 150 g/mol. The van der Waals surface area contributed by atoms with Crippen LogP contribution in [0.3, 0.4) is 0 Å². The lowest BCUT2D eigenvalue weighted by Gasteiger charge is -2.00. The van der Waals surface area contributed by atoms with Crippen LogP contribution >= 0.6 is 22.5 Å². The highest BCUT2D eigenvalue weighted by atomic mass is 33.1. The molecule has 0 radical (unpaired) electrons. The molecule has 0 aromatic carbocycles. The van der Waals surface area contributed by atoms with E-state index < -0.39 is 0 Å². The van der Waals surface area contributed by atoms with Gasteiger partial charge in [-0.3, -0.25) is 4.79 Å². The molecule has 0 heterocycles. The van der Waals surface area contributed by atoms with Gasteiger partial charge >= 0.3 is 0 Å². The van der Waals surface area contributed by atoms with Crippen molar-refractivity contribution in [2.24, 2.45) is 0 Å². The number of hydrogen-bond donors (Lipinski definition) is 1. The van der Waals surface area contributed by atoms with Gasteiger partial charge in [-0.1, -0.05) is 17.7 Å². The van der Waals surface area contributed by atoms with Crippen LogP contribution in [0.25, 0.3) is 0 Å². The summed E-state index contributed by atoms with van der Waals surface area (Å²) in [6.07, 6.45) is 0.620. The van der Waals surface area contributed by atoms with E-state index in [1.165, 1.54) is 10.8 Å². The molecular weight excluding hydrogens is 140 g/mol. The molecule has 0 aromatic rings. The molecule has 0 aromatic heterocycles. The Kier molecular flexibility index (Phi) is 4.47. The number of Topliss-reactive ketones (excluding diaryl/α,β-unsaturated/α-hetero) is 1. The Morgan fingerprint density at radius 2 is 2.38 bits per heavy atom. The van der Waals surface area contributed by atoms with Crippen LogP contribution in [0, 0.1) is 0 Å². The zero-order chi connectivity index (χ0) is 6.57. The molecule has 0 fully saturated rings. The van der Waals surface area contributed by atoms with E-state index in [0.717, 1.165) is 0 Å². The van der Waals surface area contributed by atoms with E-state index in [9.17, 15) is 4.79 Å². The van der Waals surface area contributed by atoms with Crippen molar-refractivity contribution in [2.75, 3.05) is 0 Å². The SMILES string of the molecule is CCC(=O)[C@@H](C)SS. The summed E-state index contributed by atoms with van der Waals surface area (Å²) in [4.78, 5) is 10.7. The average Bonchev–Trinajstić information content (AvgIpc) is 1.84. The van der Waals surface area contributed by atoms with Gasteiger partial charge < -0.3 is 0 Å². The summed E-state index contributed by atoms with van der Waals surface area (Å²) in [6.45, 7) is 3.73. The van der Waals surface area contributed by atoms with Gasteiger partial charge in [-0.25, -0.2) is 0 Å². The zero-order valence-corrected chi connectivity index (χ0v) is 6.76. The summed E-state index contributed by atoms with van der Waals surface area (Å²) in [7, 11) is 1.30. The van der Waals surface area contributed by atoms with Gasteiger partial charge in [0.1, 0.15) is 5.78 Å². The molecule has 0 bridgehead atoms. The molecule has 0 aliphatic heterocycles. The molecule has 0 rings (SSSR count). The smallest absolute Gasteiger partial charge is 0.146 e. The number of carbonyl (C=O) groups is 1. The lowest BCUT2D eigenvalue weighted by Crippen LogP contribution is -2.09. The van der Waals surface area contributed by atoms with Crippen molar-refractivity contribution in [3.8, 4) is 0 Å². The Balaban J connectivity index is 3.46. The van der Waals surface area contributed by atoms with Gasteiger partial charge in [0.15, 0.2) is 0 Å². The second-order valence-corrected chi connectivity index (χ2v) is 3.12. The van der Waals surface area contributed by atoms with Crippen LogP contribution in [0.4, 0.5) is 0 Å². The van der Waals surface area contributed by atoms with Crippen molar-refractivity contribution in [1.29, 1.82) is 0 Å². The Labute approximate surface area is 59.0 Å². The summed E-state index contributed by atoms with van der Waals surface area (Å²) >= 11 is 3.90. The summed E-state index contributed by atoms with van der Waals surface area (Å²) < 4.78 is 0. The minimum absolute atomic E-state index is 0.0586. The van der Waals surface area contributed by atoms with Gasteiger partial charge in [-0.05, 0) is 6.92 Å². The largest absolute Gasteiger partial charge is 0.298 e. The van der Waals surface area contributed by atoms with Crippen LogP contribution in [0.5, 0.6) is 0 Å². The second-order valence-electron chi connectivity index (χ2n) is 1.57. The van der Waals surface area contributed by atoms with Gasteiger partial charge in [0.25, 0.3) is 0 Å². The highest BCUT2D eigenvalue weighted by molar-refractivity contribution is 8.69. The molecule has 0 unspecified atom stereocenters. The first-order valence-electron chi connectivity index (χ1n) is 2.55. The molecule has 8 heavy (non-hydrogen) atoms. The maximum atomic E-state index is 10.7. The van der Waals surface area contributed by atoms with Crippen LogP contribution in [-0.2, 0) is 4.79 Å². The fourth-order valence-corrected chi connectivity index (χ4v) is 0.983. The first kappa shape index (κ1) is 8.37. The average molecular weight is 150 g/mol. The van der Waals surface area contributed by atoms with Crippen molar-refractivity contribution in [3.05, 3.63) is 0 Å². The van der Waals surface area contributed by atoms with Crippen LogP contribution in [-0.4, -0.2) is 11.0 Å². The van der Waals surface area contributed by atoms with Crippen molar-refractivity contribution in [1.82, 2.24) is 0 Å². The predicted octanol–water partition coefficient (Wildman–Crippen LogP) is 1.93. The van der Waals surface area contributed by atoms with Gasteiger partial charge in [0.05, 0.1) is 5.25 Å². The third-order valence-electron chi connectivity index (χ3n) is 0.960. The first-order valence-corrected chi connectivity index (χ1v) is 4.48. The number of carbonyl (C=O) groups excluding carboxylic acids is 1. The highest BCUT2D eigenvalue weighted by Gasteiger charge is 2.07. The predicted molar refractivity (Wildman–Crippen MR) is 41.3 cm³/mol. The Bertz CT molecular complexity index is 82.5. The Morgan fingerprint density at radius 3 is 2.50 bits per heavy atom. The standard InChI is InChI=1S/C5H10OS2/c1-3-5(6)4(2)8-7/h4,7H,3H2,1-2H3/t4-/m1/s1. The highest BCUT2D eigenvalue weighted by Crippen LogP contribution is 2.15. The lowest BCUT2D eigenvalue weighted by molar-refractivity contribution is -0.117. The number of rotatable bonds is 3. The topological polar surface area (TPSA) is 17.1 Å². The second kappa shape index (κ2) is 4.27. The summed E-state index contributed by atoms with van der Waals surface area (Å²) in [5.41, 5.74) is 0. The molecule has 0 amide bonds. The van der Waals surface area contributed by atoms with Gasteiger partial charge in [-0.15, -0.1) is 11.7 Å². The Hall–Kier alpha value is 0.370. The minimum atomic E-state index is 0.0586. The molecule has 0 aliphatic rings. The quantitative estimate of drug-likeness (QED) is 0.489. The van der Waals surface area contributed by atoms with E-state index in [2.05, 4.69) is 11.7 Å². The zero-order valence-electron chi connectivity index (χ0n) is 5.05. The molecule has 48 valence electrons. The third kappa shape index (κ3) is 2.62. The van der Waals surface area contributed by atoms with Gasteiger partial charge in [-0.2, -0.15) is 0 Å². The van der Waals surface area contributed by atoms with Gasteiger partial charge in [0.2, 0.25) is 0 Å². The minimum Gasteiger partial charge on any atom is -0.298 e. The van der Waals surface area contributed by atoms with Crippen LogP contribution < -0.4 is 0 Å². The molecule has 1 nitrogen and oxygen atoms in total. The number of hydrogen-bond acceptors (Lipinski definition) is 3. The van der Waals surface area contributed by atoms with E-state index in [1.54, 1.807) is 0 Å². The Morgan fingerprint density at radius 1 is 1.88 bits per heavy atom. The molecule has 0 aliphatic carbocycles. The normalized spacial score (nSPS) is 13.4. The van der Waals surface area contributed by atoms with Crippen molar-refractivity contribution >= 4 is 28.2 Å². The first-order chi connectivity index (χ1) is 3.72. The molecule has 3 heteroatoms. The number of ketones is 1. The van der Waals surface area contributed by atoms with Crippen molar-refractivity contribution in [3.63, 3.8) is 0 Å². The van der Waals surface area contributed by atoms with Gasteiger partial charge in [0, 0.05) is 6.42 Å². The molecule has 0 saturated carbocycles. The fraction of sp³-hybridized carbons (Fsp3) is 0.800. The maximum absolute atomic E-state index is 10.7. The molecule has 0 spiro atoms. The summed E-state index contributed by atoms with van der Waals surface area (Å²) in [5, 5.41) is 0.0586. The number of thiol groups is 1. The van der Waals surface area contributed by atoms with Crippen LogP contribution in [0.1, 0.15) is 20.3 Å². The molecule has 1 atom stereocenters. The van der Waals surface area contributed by atoms with Crippen LogP contribution in [0.2, 0.25) is 0 Å². The maximum Gasteiger partial charge on any atom is 0.146 e. The molecule has 0 saturated heterocycles. The van der Waals surface area contributed by atoms with E-state index in [4.69, 9.17) is 0 Å².